The fraction of sp³-hybridized carbons (Fsp3) is 0.462. The average molecular weight is 354 g/mol. The van der Waals surface area contributed by atoms with Crippen molar-refractivity contribution in [3.63, 3.8) is 0 Å². The summed E-state index contributed by atoms with van der Waals surface area (Å²) in [5.74, 6) is -0.197. The van der Waals surface area contributed by atoms with Gasteiger partial charge in [0.15, 0.2) is 0 Å². The molecule has 1 rings (SSSR count). The molecule has 0 aliphatic carbocycles. The Labute approximate surface area is 134 Å². The second-order valence-corrected chi connectivity index (χ2v) is 7.80. The highest BCUT2D eigenvalue weighted by atomic mass is 35.5. The van der Waals surface area contributed by atoms with Crippen LogP contribution in [-0.4, -0.2) is 24.8 Å². The molecular formula is C13H18Cl2NO4P. The Bertz CT molecular complexity index is 565. The topological polar surface area (TPSA) is 64.6 Å². The summed E-state index contributed by atoms with van der Waals surface area (Å²) in [7, 11) is -3.26. The molecule has 0 radical (unpaired) electrons. The number of benzene rings is 1. The Morgan fingerprint density at radius 2 is 1.86 bits per heavy atom. The summed E-state index contributed by atoms with van der Waals surface area (Å²) in [4.78, 5) is 11.7. The van der Waals surface area contributed by atoms with Crippen LogP contribution >= 0.6 is 30.7 Å². The molecule has 1 unspecified atom stereocenters. The number of carbonyl (C=O) groups excluding carboxylic acids is 1. The lowest BCUT2D eigenvalue weighted by Crippen LogP contribution is -2.35. The molecule has 0 aromatic heterocycles. The highest BCUT2D eigenvalue weighted by Crippen LogP contribution is 2.41. The molecule has 0 saturated heterocycles. The second-order valence-electron chi connectivity index (χ2n) is 4.85. The van der Waals surface area contributed by atoms with Crippen LogP contribution in [0, 0.1) is 0 Å². The maximum atomic E-state index is 12.4. The number of hydrogen-bond acceptors (Lipinski definition) is 4. The summed E-state index contributed by atoms with van der Waals surface area (Å²) in [6, 6.07) is 3.78. The van der Waals surface area contributed by atoms with Crippen molar-refractivity contribution in [1.82, 2.24) is 5.09 Å². The normalized spacial score (nSPS) is 15.4. The van der Waals surface area contributed by atoms with Crippen molar-refractivity contribution < 1.29 is 18.6 Å². The number of carbonyl (C=O) groups is 1. The molecule has 118 valence electrons. The summed E-state index contributed by atoms with van der Waals surface area (Å²) >= 11 is 11.7. The van der Waals surface area contributed by atoms with E-state index in [4.69, 9.17) is 32.5 Å². The van der Waals surface area contributed by atoms with Crippen LogP contribution in [0.5, 0.6) is 5.75 Å². The van der Waals surface area contributed by atoms with E-state index in [1.807, 2.05) is 0 Å². The summed E-state index contributed by atoms with van der Waals surface area (Å²) in [6.07, 6.45) is -0.242. The van der Waals surface area contributed by atoms with Gasteiger partial charge < -0.3 is 9.26 Å². The first-order chi connectivity index (χ1) is 9.60. The van der Waals surface area contributed by atoms with E-state index in [2.05, 4.69) is 5.09 Å². The molecule has 0 saturated carbocycles. The van der Waals surface area contributed by atoms with E-state index in [0.29, 0.717) is 15.8 Å². The van der Waals surface area contributed by atoms with Gasteiger partial charge >= 0.3 is 13.5 Å². The molecule has 1 N–H and O–H groups in total. The number of rotatable bonds is 6. The Hall–Kier alpha value is -0.740. The molecule has 0 aliphatic rings. The van der Waals surface area contributed by atoms with Gasteiger partial charge in [0.25, 0.3) is 0 Å². The SMILES string of the molecule is CC(C)OC(=O)[C@H](C)NP(C)(=O)Oc1ccc(Cl)c(Cl)c1. The van der Waals surface area contributed by atoms with E-state index < -0.39 is 19.5 Å². The maximum absolute atomic E-state index is 12.4. The lowest BCUT2D eigenvalue weighted by molar-refractivity contribution is -0.149. The van der Waals surface area contributed by atoms with Crippen molar-refractivity contribution in [3.8, 4) is 5.75 Å². The lowest BCUT2D eigenvalue weighted by Gasteiger charge is -2.21. The molecule has 0 fully saturated rings. The van der Waals surface area contributed by atoms with E-state index in [0.717, 1.165) is 0 Å². The Morgan fingerprint density at radius 3 is 2.38 bits per heavy atom. The quantitative estimate of drug-likeness (QED) is 0.615. The van der Waals surface area contributed by atoms with Crippen LogP contribution in [0.2, 0.25) is 10.0 Å². The Balaban J connectivity index is 2.70. The van der Waals surface area contributed by atoms with Gasteiger partial charge in [-0.1, -0.05) is 23.2 Å². The predicted molar refractivity (Wildman–Crippen MR) is 84.4 cm³/mol. The van der Waals surface area contributed by atoms with Crippen LogP contribution in [-0.2, 0) is 14.1 Å². The van der Waals surface area contributed by atoms with Crippen LogP contribution in [0.4, 0.5) is 0 Å². The summed E-state index contributed by atoms with van der Waals surface area (Å²) in [6.45, 7) is 6.40. The number of nitrogens with one attached hydrogen (secondary N) is 1. The van der Waals surface area contributed by atoms with Crippen molar-refractivity contribution in [2.24, 2.45) is 0 Å². The van der Waals surface area contributed by atoms with Gasteiger partial charge in [-0.25, -0.2) is 5.09 Å². The minimum absolute atomic E-state index is 0.242. The molecule has 2 atom stereocenters. The standard InChI is InChI=1S/C13H18Cl2NO4P/c1-8(2)19-13(17)9(3)16-21(4,18)20-10-5-6-11(14)12(15)7-10/h5-9H,1-4H3,(H,16,18)/t9-,21?/m0/s1. The smallest absolute Gasteiger partial charge is 0.323 e. The van der Waals surface area contributed by atoms with Crippen LogP contribution < -0.4 is 9.61 Å². The van der Waals surface area contributed by atoms with E-state index >= 15 is 0 Å². The molecule has 1 aromatic rings. The maximum Gasteiger partial charge on any atom is 0.323 e. The first-order valence-electron chi connectivity index (χ1n) is 6.31. The molecule has 0 aliphatic heterocycles. The van der Waals surface area contributed by atoms with Crippen LogP contribution in [0.3, 0.4) is 0 Å². The minimum atomic E-state index is -3.26. The second kappa shape index (κ2) is 7.50. The van der Waals surface area contributed by atoms with E-state index in [9.17, 15) is 9.36 Å². The molecule has 8 heteroatoms. The third-order valence-corrected chi connectivity index (χ3v) is 4.46. The number of halogens is 2. The Kier molecular flexibility index (Phi) is 6.54. The fourth-order valence-corrected chi connectivity index (χ4v) is 3.17. The molecule has 21 heavy (non-hydrogen) atoms. The van der Waals surface area contributed by atoms with Crippen molar-refractivity contribution in [1.29, 1.82) is 0 Å². The molecule has 0 amide bonds. The molecule has 5 nitrogen and oxygen atoms in total. The van der Waals surface area contributed by atoms with Crippen molar-refractivity contribution >= 4 is 36.7 Å². The van der Waals surface area contributed by atoms with Gasteiger partial charge in [-0.05, 0) is 32.9 Å². The fourth-order valence-electron chi connectivity index (χ4n) is 1.50. The number of hydrogen-bond donors (Lipinski definition) is 1. The van der Waals surface area contributed by atoms with E-state index in [1.54, 1.807) is 26.8 Å². The summed E-state index contributed by atoms with van der Waals surface area (Å²) in [5, 5.41) is 3.29. The summed E-state index contributed by atoms with van der Waals surface area (Å²) < 4.78 is 22.7. The molecule has 0 bridgehead atoms. The highest BCUT2D eigenvalue weighted by Gasteiger charge is 2.26. The predicted octanol–water partition coefficient (Wildman–Crippen LogP) is 4.12. The van der Waals surface area contributed by atoms with Gasteiger partial charge in [-0.2, -0.15) is 0 Å². The summed E-state index contributed by atoms with van der Waals surface area (Å²) in [5.41, 5.74) is 0. The highest BCUT2D eigenvalue weighted by molar-refractivity contribution is 7.56. The zero-order chi connectivity index (χ0) is 16.2. The van der Waals surface area contributed by atoms with Gasteiger partial charge in [0.05, 0.1) is 16.1 Å². The van der Waals surface area contributed by atoms with E-state index in [1.165, 1.54) is 18.8 Å². The van der Waals surface area contributed by atoms with Gasteiger partial charge in [-0.15, -0.1) is 0 Å². The van der Waals surface area contributed by atoms with Crippen LogP contribution in [0.1, 0.15) is 20.8 Å². The zero-order valence-electron chi connectivity index (χ0n) is 12.2. The van der Waals surface area contributed by atoms with E-state index in [-0.39, 0.29) is 6.10 Å². The molecule has 0 spiro atoms. The monoisotopic (exact) mass is 353 g/mol. The average Bonchev–Trinajstić information content (AvgIpc) is 2.32. The largest absolute Gasteiger partial charge is 0.462 e. The van der Waals surface area contributed by atoms with Crippen LogP contribution in [0.15, 0.2) is 18.2 Å². The third kappa shape index (κ3) is 6.27. The third-order valence-electron chi connectivity index (χ3n) is 2.30. The first-order valence-corrected chi connectivity index (χ1v) is 9.14. The van der Waals surface area contributed by atoms with Gasteiger partial charge in [0.2, 0.25) is 0 Å². The number of ether oxygens (including phenoxy) is 1. The van der Waals surface area contributed by atoms with Crippen molar-refractivity contribution in [2.75, 3.05) is 6.66 Å². The van der Waals surface area contributed by atoms with Gasteiger partial charge in [0, 0.05) is 12.7 Å². The number of esters is 1. The molecule has 1 aromatic carbocycles. The van der Waals surface area contributed by atoms with Crippen LogP contribution in [0.25, 0.3) is 0 Å². The molecule has 0 heterocycles. The minimum Gasteiger partial charge on any atom is -0.462 e. The van der Waals surface area contributed by atoms with Gasteiger partial charge in [0.1, 0.15) is 11.8 Å². The van der Waals surface area contributed by atoms with Crippen molar-refractivity contribution in [2.45, 2.75) is 32.9 Å². The zero-order valence-corrected chi connectivity index (χ0v) is 14.6. The van der Waals surface area contributed by atoms with Gasteiger partial charge in [-0.3, -0.25) is 9.36 Å². The Morgan fingerprint density at radius 1 is 1.24 bits per heavy atom. The molecular weight excluding hydrogens is 336 g/mol. The van der Waals surface area contributed by atoms with Crippen molar-refractivity contribution in [3.05, 3.63) is 28.2 Å². The first kappa shape index (κ1) is 18.3. The lowest BCUT2D eigenvalue weighted by atomic mass is 10.3.